The standard InChI is InChI=1S/C19H23Cl2NO4/c1-24-18-11-15(12-22-5-7-25-8-6-23)10-17(21)19(18)26-13-14-3-2-4-16(20)9-14/h2-4,9-11,22-23H,5-8,12-13H2,1H3. The van der Waals surface area contributed by atoms with Crippen LogP contribution in [0.4, 0.5) is 0 Å². The normalized spacial score (nSPS) is 10.8. The molecule has 7 heteroatoms. The first-order chi connectivity index (χ1) is 12.6. The van der Waals surface area contributed by atoms with E-state index >= 15 is 0 Å². The number of halogens is 2. The van der Waals surface area contributed by atoms with Gasteiger partial charge in [-0.1, -0.05) is 35.3 Å². The molecule has 26 heavy (non-hydrogen) atoms. The second-order valence-corrected chi connectivity index (χ2v) is 6.38. The van der Waals surface area contributed by atoms with Gasteiger partial charge in [0.25, 0.3) is 0 Å². The molecule has 0 aliphatic rings. The Labute approximate surface area is 163 Å². The summed E-state index contributed by atoms with van der Waals surface area (Å²) in [4.78, 5) is 0. The van der Waals surface area contributed by atoms with Crippen molar-refractivity contribution in [2.24, 2.45) is 0 Å². The molecule has 0 radical (unpaired) electrons. The minimum atomic E-state index is 0.0312. The van der Waals surface area contributed by atoms with Crippen molar-refractivity contribution in [3.8, 4) is 11.5 Å². The maximum absolute atomic E-state index is 8.65. The highest BCUT2D eigenvalue weighted by atomic mass is 35.5. The summed E-state index contributed by atoms with van der Waals surface area (Å²) in [6, 6.07) is 11.2. The van der Waals surface area contributed by atoms with Gasteiger partial charge in [0.05, 0.1) is 32.0 Å². The van der Waals surface area contributed by atoms with E-state index in [1.54, 1.807) is 7.11 Å². The second-order valence-electron chi connectivity index (χ2n) is 5.54. The second kappa shape index (κ2) is 11.3. The molecule has 0 bridgehead atoms. The monoisotopic (exact) mass is 399 g/mol. The van der Waals surface area contributed by atoms with Crippen LogP contribution in [0.2, 0.25) is 10.0 Å². The number of methoxy groups -OCH3 is 1. The number of aliphatic hydroxyl groups excluding tert-OH is 1. The van der Waals surface area contributed by atoms with Gasteiger partial charge in [0.2, 0.25) is 0 Å². The number of hydrogen-bond acceptors (Lipinski definition) is 5. The minimum Gasteiger partial charge on any atom is -0.493 e. The van der Waals surface area contributed by atoms with Gasteiger partial charge in [0.15, 0.2) is 11.5 Å². The lowest BCUT2D eigenvalue weighted by Gasteiger charge is -2.15. The molecule has 2 aromatic rings. The molecule has 0 spiro atoms. The number of rotatable bonds is 11. The molecule has 2 N–H and O–H groups in total. The summed E-state index contributed by atoms with van der Waals surface area (Å²) in [7, 11) is 1.58. The Kier molecular flexibility index (Phi) is 9.01. The van der Waals surface area contributed by atoms with E-state index in [2.05, 4.69) is 5.32 Å². The van der Waals surface area contributed by atoms with Gasteiger partial charge in [-0.15, -0.1) is 0 Å². The van der Waals surface area contributed by atoms with E-state index in [4.69, 9.17) is 42.5 Å². The third-order valence-corrected chi connectivity index (χ3v) is 4.07. The zero-order valence-corrected chi connectivity index (χ0v) is 16.1. The first-order valence-corrected chi connectivity index (χ1v) is 9.02. The molecule has 0 atom stereocenters. The molecule has 0 amide bonds. The van der Waals surface area contributed by atoms with Crippen LogP contribution in [0.25, 0.3) is 0 Å². The van der Waals surface area contributed by atoms with E-state index in [1.807, 2.05) is 36.4 Å². The van der Waals surface area contributed by atoms with Crippen molar-refractivity contribution in [3.05, 3.63) is 57.6 Å². The van der Waals surface area contributed by atoms with Crippen molar-refractivity contribution < 1.29 is 19.3 Å². The summed E-state index contributed by atoms with van der Waals surface area (Å²) >= 11 is 12.4. The van der Waals surface area contributed by atoms with E-state index in [0.29, 0.717) is 54.5 Å². The molecule has 0 heterocycles. The molecule has 0 saturated carbocycles. The molecule has 0 fully saturated rings. The summed E-state index contributed by atoms with van der Waals surface area (Å²) in [5.41, 5.74) is 1.92. The number of benzene rings is 2. The minimum absolute atomic E-state index is 0.0312. The zero-order chi connectivity index (χ0) is 18.8. The average molecular weight is 400 g/mol. The molecule has 142 valence electrons. The lowest BCUT2D eigenvalue weighted by molar-refractivity contribution is 0.0938. The van der Waals surface area contributed by atoms with Crippen molar-refractivity contribution in [3.63, 3.8) is 0 Å². The van der Waals surface area contributed by atoms with Crippen LogP contribution in [0.15, 0.2) is 36.4 Å². The van der Waals surface area contributed by atoms with E-state index in [1.165, 1.54) is 0 Å². The van der Waals surface area contributed by atoms with Crippen molar-refractivity contribution in [2.45, 2.75) is 13.2 Å². The summed E-state index contributed by atoms with van der Waals surface area (Å²) in [5, 5.41) is 13.0. The lowest BCUT2D eigenvalue weighted by atomic mass is 10.2. The fraction of sp³-hybridized carbons (Fsp3) is 0.368. The smallest absolute Gasteiger partial charge is 0.180 e. The SMILES string of the molecule is COc1cc(CNCCOCCO)cc(Cl)c1OCc1cccc(Cl)c1. The third kappa shape index (κ3) is 6.67. The van der Waals surface area contributed by atoms with Gasteiger partial charge in [-0.3, -0.25) is 0 Å². The topological polar surface area (TPSA) is 60.0 Å². The first kappa shape index (κ1) is 20.8. The Morgan fingerprint density at radius 3 is 2.65 bits per heavy atom. The van der Waals surface area contributed by atoms with Crippen LogP contribution in [0, 0.1) is 0 Å². The predicted molar refractivity (Wildman–Crippen MR) is 103 cm³/mol. The van der Waals surface area contributed by atoms with Crippen LogP contribution in [0.5, 0.6) is 11.5 Å². The first-order valence-electron chi connectivity index (χ1n) is 8.27. The number of ether oxygens (including phenoxy) is 3. The molecular weight excluding hydrogens is 377 g/mol. The van der Waals surface area contributed by atoms with Crippen LogP contribution in [0.3, 0.4) is 0 Å². The van der Waals surface area contributed by atoms with Crippen LogP contribution in [-0.4, -0.2) is 38.6 Å². The maximum atomic E-state index is 8.65. The zero-order valence-electron chi connectivity index (χ0n) is 14.6. The molecular formula is C19H23Cl2NO4. The maximum Gasteiger partial charge on any atom is 0.180 e. The molecule has 0 saturated heterocycles. The Hall–Kier alpha value is -1.50. The molecule has 2 rings (SSSR count). The van der Waals surface area contributed by atoms with E-state index in [0.717, 1.165) is 11.1 Å². The average Bonchev–Trinajstić information content (AvgIpc) is 2.63. The Morgan fingerprint density at radius 1 is 1.08 bits per heavy atom. The third-order valence-electron chi connectivity index (χ3n) is 3.55. The van der Waals surface area contributed by atoms with Gasteiger partial charge >= 0.3 is 0 Å². The summed E-state index contributed by atoms with van der Waals surface area (Å²) in [5.74, 6) is 1.08. The lowest BCUT2D eigenvalue weighted by Crippen LogP contribution is -2.20. The summed E-state index contributed by atoms with van der Waals surface area (Å²) in [6.07, 6.45) is 0. The van der Waals surface area contributed by atoms with E-state index < -0.39 is 0 Å². The number of hydrogen-bond donors (Lipinski definition) is 2. The number of aliphatic hydroxyl groups is 1. The highest BCUT2D eigenvalue weighted by Gasteiger charge is 2.12. The van der Waals surface area contributed by atoms with E-state index in [9.17, 15) is 0 Å². The fourth-order valence-electron chi connectivity index (χ4n) is 2.34. The van der Waals surface area contributed by atoms with Gasteiger partial charge in [-0.05, 0) is 35.4 Å². The van der Waals surface area contributed by atoms with Crippen molar-refractivity contribution in [1.82, 2.24) is 5.32 Å². The number of nitrogens with one attached hydrogen (secondary N) is 1. The van der Waals surface area contributed by atoms with Gasteiger partial charge in [0, 0.05) is 18.1 Å². The van der Waals surface area contributed by atoms with Crippen LogP contribution < -0.4 is 14.8 Å². The summed E-state index contributed by atoms with van der Waals surface area (Å²) < 4.78 is 16.5. The van der Waals surface area contributed by atoms with Gasteiger partial charge in [0.1, 0.15) is 6.61 Å². The molecule has 0 aliphatic carbocycles. The molecule has 5 nitrogen and oxygen atoms in total. The van der Waals surface area contributed by atoms with Crippen molar-refractivity contribution in [1.29, 1.82) is 0 Å². The quantitative estimate of drug-likeness (QED) is 0.564. The molecule has 2 aromatic carbocycles. The predicted octanol–water partition coefficient (Wildman–Crippen LogP) is 3.68. The molecule has 0 unspecified atom stereocenters. The van der Waals surface area contributed by atoms with Crippen LogP contribution in [-0.2, 0) is 17.9 Å². The van der Waals surface area contributed by atoms with Gasteiger partial charge < -0.3 is 24.6 Å². The fourth-order valence-corrected chi connectivity index (χ4v) is 2.84. The molecule has 0 aromatic heterocycles. The Bertz CT molecular complexity index is 697. The van der Waals surface area contributed by atoms with Gasteiger partial charge in [-0.25, -0.2) is 0 Å². The highest BCUT2D eigenvalue weighted by molar-refractivity contribution is 6.32. The largest absolute Gasteiger partial charge is 0.493 e. The Morgan fingerprint density at radius 2 is 1.92 bits per heavy atom. The van der Waals surface area contributed by atoms with Gasteiger partial charge in [-0.2, -0.15) is 0 Å². The van der Waals surface area contributed by atoms with Crippen LogP contribution >= 0.6 is 23.2 Å². The van der Waals surface area contributed by atoms with Crippen LogP contribution in [0.1, 0.15) is 11.1 Å². The van der Waals surface area contributed by atoms with Crippen molar-refractivity contribution in [2.75, 3.05) is 33.5 Å². The van der Waals surface area contributed by atoms with Crippen molar-refractivity contribution >= 4 is 23.2 Å². The summed E-state index contributed by atoms with van der Waals surface area (Å²) in [6.45, 7) is 2.55. The molecule has 0 aliphatic heterocycles. The highest BCUT2D eigenvalue weighted by Crippen LogP contribution is 2.37. The van der Waals surface area contributed by atoms with E-state index in [-0.39, 0.29) is 6.61 Å². The Balaban J connectivity index is 1.95.